The second kappa shape index (κ2) is 7.21. The van der Waals surface area contributed by atoms with Crippen molar-refractivity contribution in [3.8, 4) is 0 Å². The number of rotatable bonds is 4. The second-order valence-electron chi connectivity index (χ2n) is 7.71. The Hall–Kier alpha value is -2.43. The van der Waals surface area contributed by atoms with Crippen molar-refractivity contribution in [2.75, 3.05) is 10.6 Å². The van der Waals surface area contributed by atoms with E-state index in [9.17, 15) is 4.79 Å². The van der Waals surface area contributed by atoms with Crippen molar-refractivity contribution >= 4 is 17.5 Å². The monoisotopic (exact) mass is 338 g/mol. The van der Waals surface area contributed by atoms with Gasteiger partial charge in [-0.15, -0.1) is 10.2 Å². The highest BCUT2D eigenvalue weighted by Gasteiger charge is 2.16. The first-order valence-corrected chi connectivity index (χ1v) is 8.94. The molecule has 1 aromatic heterocycles. The predicted octanol–water partition coefficient (Wildman–Crippen LogP) is 4.38. The van der Waals surface area contributed by atoms with Crippen molar-refractivity contribution in [3.63, 3.8) is 0 Å². The highest BCUT2D eigenvalue weighted by atomic mass is 16.1. The SMILES string of the molecule is CC(C)(C)c1ccc(C(=O)Nc2ccc(NC3CCCC3)nn2)cc1. The number of aromatic nitrogens is 2. The fraction of sp³-hybridized carbons (Fsp3) is 0.450. The molecular formula is C20H26N4O. The van der Waals surface area contributed by atoms with Gasteiger partial charge in [-0.05, 0) is 48.1 Å². The molecule has 0 radical (unpaired) electrons. The summed E-state index contributed by atoms with van der Waals surface area (Å²) in [6.45, 7) is 6.45. The molecule has 0 saturated heterocycles. The number of amides is 1. The molecule has 5 heteroatoms. The first-order valence-electron chi connectivity index (χ1n) is 8.94. The molecule has 3 rings (SSSR count). The van der Waals surface area contributed by atoms with Gasteiger partial charge in [0.25, 0.3) is 5.91 Å². The second-order valence-corrected chi connectivity index (χ2v) is 7.71. The molecule has 0 bridgehead atoms. The summed E-state index contributed by atoms with van der Waals surface area (Å²) in [7, 11) is 0. The zero-order valence-corrected chi connectivity index (χ0v) is 15.2. The van der Waals surface area contributed by atoms with Crippen molar-refractivity contribution in [2.24, 2.45) is 0 Å². The first-order chi connectivity index (χ1) is 11.9. The number of hydrogen-bond donors (Lipinski definition) is 2. The van der Waals surface area contributed by atoms with E-state index in [1.807, 2.05) is 30.3 Å². The summed E-state index contributed by atoms with van der Waals surface area (Å²) in [5, 5.41) is 14.4. The highest BCUT2D eigenvalue weighted by molar-refractivity contribution is 6.03. The van der Waals surface area contributed by atoms with Crippen LogP contribution in [0.5, 0.6) is 0 Å². The topological polar surface area (TPSA) is 66.9 Å². The summed E-state index contributed by atoms with van der Waals surface area (Å²) < 4.78 is 0. The number of carbonyl (C=O) groups excluding carboxylic acids is 1. The van der Waals surface area contributed by atoms with E-state index < -0.39 is 0 Å². The van der Waals surface area contributed by atoms with E-state index in [-0.39, 0.29) is 11.3 Å². The van der Waals surface area contributed by atoms with Crippen LogP contribution in [0.15, 0.2) is 36.4 Å². The molecule has 0 aliphatic heterocycles. The van der Waals surface area contributed by atoms with Crippen LogP contribution in [-0.4, -0.2) is 22.1 Å². The number of hydrogen-bond acceptors (Lipinski definition) is 4. The number of nitrogens with zero attached hydrogens (tertiary/aromatic N) is 2. The Morgan fingerprint density at radius 3 is 2.12 bits per heavy atom. The van der Waals surface area contributed by atoms with Gasteiger partial charge in [0.1, 0.15) is 5.82 Å². The molecule has 1 aliphatic carbocycles. The van der Waals surface area contributed by atoms with Crippen molar-refractivity contribution in [1.29, 1.82) is 0 Å². The van der Waals surface area contributed by atoms with E-state index in [0.717, 1.165) is 5.82 Å². The summed E-state index contributed by atoms with van der Waals surface area (Å²) in [6.07, 6.45) is 4.91. The third-order valence-corrected chi connectivity index (χ3v) is 4.63. The molecule has 1 amide bonds. The molecule has 1 heterocycles. The summed E-state index contributed by atoms with van der Waals surface area (Å²) in [6, 6.07) is 11.8. The molecule has 25 heavy (non-hydrogen) atoms. The zero-order valence-electron chi connectivity index (χ0n) is 15.2. The van der Waals surface area contributed by atoms with Gasteiger partial charge in [0.15, 0.2) is 5.82 Å². The van der Waals surface area contributed by atoms with Crippen molar-refractivity contribution in [1.82, 2.24) is 10.2 Å². The molecule has 0 unspecified atom stereocenters. The normalized spacial score (nSPS) is 15.2. The number of nitrogens with one attached hydrogen (secondary N) is 2. The fourth-order valence-corrected chi connectivity index (χ4v) is 3.07. The van der Waals surface area contributed by atoms with Crippen LogP contribution >= 0.6 is 0 Å². The minimum Gasteiger partial charge on any atom is -0.366 e. The molecule has 1 aromatic carbocycles. The van der Waals surface area contributed by atoms with Crippen LogP contribution in [0.1, 0.15) is 62.4 Å². The summed E-state index contributed by atoms with van der Waals surface area (Å²) in [5.41, 5.74) is 1.89. The molecule has 132 valence electrons. The quantitative estimate of drug-likeness (QED) is 0.868. The lowest BCUT2D eigenvalue weighted by Crippen LogP contribution is -2.17. The molecular weight excluding hydrogens is 312 g/mol. The predicted molar refractivity (Wildman–Crippen MR) is 101 cm³/mol. The largest absolute Gasteiger partial charge is 0.366 e. The molecule has 1 saturated carbocycles. The van der Waals surface area contributed by atoms with Gasteiger partial charge in [-0.25, -0.2) is 0 Å². The lowest BCUT2D eigenvalue weighted by Gasteiger charge is -2.19. The molecule has 2 aromatic rings. The molecule has 1 fully saturated rings. The van der Waals surface area contributed by atoms with Gasteiger partial charge in [-0.1, -0.05) is 45.7 Å². The van der Waals surface area contributed by atoms with E-state index in [1.54, 1.807) is 6.07 Å². The van der Waals surface area contributed by atoms with Gasteiger partial charge in [-0.3, -0.25) is 4.79 Å². The lowest BCUT2D eigenvalue weighted by atomic mass is 9.87. The van der Waals surface area contributed by atoms with Crippen LogP contribution in [0, 0.1) is 0 Å². The van der Waals surface area contributed by atoms with E-state index in [2.05, 4.69) is 41.6 Å². The maximum Gasteiger partial charge on any atom is 0.256 e. The average Bonchev–Trinajstić information content (AvgIpc) is 3.09. The Labute approximate surface area is 149 Å². The van der Waals surface area contributed by atoms with Gasteiger partial charge < -0.3 is 10.6 Å². The lowest BCUT2D eigenvalue weighted by molar-refractivity contribution is 0.102. The third-order valence-electron chi connectivity index (χ3n) is 4.63. The molecule has 0 atom stereocenters. The summed E-state index contributed by atoms with van der Waals surface area (Å²) in [5.74, 6) is 1.05. The Kier molecular flexibility index (Phi) is 5.02. The maximum atomic E-state index is 12.3. The third kappa shape index (κ3) is 4.56. The Bertz CT molecular complexity index is 711. The molecule has 5 nitrogen and oxygen atoms in total. The summed E-state index contributed by atoms with van der Waals surface area (Å²) >= 11 is 0. The van der Waals surface area contributed by atoms with Gasteiger partial charge in [0.2, 0.25) is 0 Å². The standard InChI is InChI=1S/C20H26N4O/c1-20(2,3)15-10-8-14(9-11-15)19(25)22-18-13-12-17(23-24-18)21-16-6-4-5-7-16/h8-13,16H,4-7H2,1-3H3,(H,21,23)(H,22,24,25). The van der Waals surface area contributed by atoms with E-state index in [4.69, 9.17) is 0 Å². The first kappa shape index (κ1) is 17.4. The van der Waals surface area contributed by atoms with Crippen molar-refractivity contribution in [3.05, 3.63) is 47.5 Å². The average molecular weight is 338 g/mol. The minimum absolute atomic E-state index is 0.0721. The van der Waals surface area contributed by atoms with Gasteiger partial charge >= 0.3 is 0 Å². The van der Waals surface area contributed by atoms with Gasteiger partial charge in [0.05, 0.1) is 0 Å². The highest BCUT2D eigenvalue weighted by Crippen LogP contribution is 2.23. The van der Waals surface area contributed by atoms with Crippen LogP contribution in [-0.2, 0) is 5.41 Å². The van der Waals surface area contributed by atoms with Gasteiger partial charge in [-0.2, -0.15) is 0 Å². The number of carbonyl (C=O) groups is 1. The molecule has 1 aliphatic rings. The zero-order chi connectivity index (χ0) is 17.9. The smallest absolute Gasteiger partial charge is 0.256 e. The fourth-order valence-electron chi connectivity index (χ4n) is 3.07. The minimum atomic E-state index is -0.175. The van der Waals surface area contributed by atoms with Crippen LogP contribution < -0.4 is 10.6 Å². The van der Waals surface area contributed by atoms with E-state index in [0.29, 0.717) is 17.4 Å². The van der Waals surface area contributed by atoms with Gasteiger partial charge in [0, 0.05) is 11.6 Å². The van der Waals surface area contributed by atoms with Crippen molar-refractivity contribution < 1.29 is 4.79 Å². The Morgan fingerprint density at radius 2 is 1.56 bits per heavy atom. The number of benzene rings is 1. The molecule has 2 N–H and O–H groups in total. The van der Waals surface area contributed by atoms with Crippen LogP contribution in [0.4, 0.5) is 11.6 Å². The van der Waals surface area contributed by atoms with Crippen LogP contribution in [0.25, 0.3) is 0 Å². The molecule has 0 spiro atoms. The number of anilines is 2. The van der Waals surface area contributed by atoms with Crippen molar-refractivity contribution in [2.45, 2.75) is 57.9 Å². The van der Waals surface area contributed by atoms with Crippen LogP contribution in [0.3, 0.4) is 0 Å². The Balaban J connectivity index is 1.60. The Morgan fingerprint density at radius 1 is 0.960 bits per heavy atom. The van der Waals surface area contributed by atoms with E-state index >= 15 is 0 Å². The van der Waals surface area contributed by atoms with E-state index in [1.165, 1.54) is 31.2 Å². The maximum absolute atomic E-state index is 12.3. The summed E-state index contributed by atoms with van der Waals surface area (Å²) in [4.78, 5) is 12.3. The van der Waals surface area contributed by atoms with Crippen LogP contribution in [0.2, 0.25) is 0 Å².